The number of halogens is 1. The summed E-state index contributed by atoms with van der Waals surface area (Å²) in [6.07, 6.45) is 3.11. The van der Waals surface area contributed by atoms with E-state index in [-0.39, 0.29) is 24.9 Å². The highest BCUT2D eigenvalue weighted by Gasteiger charge is 2.47. The number of furan rings is 1. The molecule has 10 heteroatoms. The van der Waals surface area contributed by atoms with Gasteiger partial charge in [0.2, 0.25) is 5.67 Å². The van der Waals surface area contributed by atoms with E-state index >= 15 is 0 Å². The lowest BCUT2D eigenvalue weighted by Gasteiger charge is -2.39. The average molecular weight is 461 g/mol. The molecule has 0 atom stereocenters. The molecule has 34 heavy (non-hydrogen) atoms. The van der Waals surface area contributed by atoms with E-state index < -0.39 is 5.67 Å². The molecule has 1 fully saturated rings. The molecular formula is C24H20FN5O4. The van der Waals surface area contributed by atoms with Gasteiger partial charge in [-0.05, 0) is 31.5 Å². The number of hydrogen-bond acceptors (Lipinski definition) is 6. The summed E-state index contributed by atoms with van der Waals surface area (Å²) in [4.78, 5) is 26.3. The molecule has 1 N–H and O–H groups in total. The maximum Gasteiger partial charge on any atom is 0.256 e. The third-order valence-electron chi connectivity index (χ3n) is 6.01. The lowest BCUT2D eigenvalue weighted by Crippen LogP contribution is -2.60. The van der Waals surface area contributed by atoms with Gasteiger partial charge in [0.15, 0.2) is 5.75 Å². The van der Waals surface area contributed by atoms with Crippen LogP contribution in [0, 0.1) is 25.2 Å². The van der Waals surface area contributed by atoms with E-state index in [4.69, 9.17) is 14.4 Å². The van der Waals surface area contributed by atoms with Crippen molar-refractivity contribution in [2.45, 2.75) is 19.5 Å². The number of amides is 2. The summed E-state index contributed by atoms with van der Waals surface area (Å²) in [5, 5.41) is 16.4. The third-order valence-corrected chi connectivity index (χ3v) is 6.01. The summed E-state index contributed by atoms with van der Waals surface area (Å²) in [6, 6.07) is 8.45. The van der Waals surface area contributed by atoms with Crippen molar-refractivity contribution in [3.63, 3.8) is 0 Å². The first kappa shape index (κ1) is 21.5. The lowest BCUT2D eigenvalue weighted by molar-refractivity contribution is 0.0123. The molecule has 0 saturated carbocycles. The first-order chi connectivity index (χ1) is 16.2. The van der Waals surface area contributed by atoms with Crippen molar-refractivity contribution < 1.29 is 23.1 Å². The Kier molecular flexibility index (Phi) is 4.79. The number of aromatic nitrogens is 2. The second-order valence-corrected chi connectivity index (χ2v) is 8.27. The zero-order valence-electron chi connectivity index (χ0n) is 18.7. The first-order valence-electron chi connectivity index (χ1n) is 10.5. The fourth-order valence-corrected chi connectivity index (χ4v) is 4.26. The van der Waals surface area contributed by atoms with Gasteiger partial charge in [-0.2, -0.15) is 10.4 Å². The number of ether oxygens (including phenoxy) is 1. The van der Waals surface area contributed by atoms with Crippen LogP contribution in [0.15, 0.2) is 41.1 Å². The van der Waals surface area contributed by atoms with E-state index in [0.29, 0.717) is 50.4 Å². The van der Waals surface area contributed by atoms with Crippen LogP contribution in [-0.4, -0.2) is 52.1 Å². The number of benzene rings is 1. The van der Waals surface area contributed by atoms with Crippen LogP contribution < -0.4 is 10.1 Å². The number of aryl methyl sites for hydroxylation is 2. The van der Waals surface area contributed by atoms with Crippen molar-refractivity contribution in [3.05, 3.63) is 59.1 Å². The van der Waals surface area contributed by atoms with E-state index in [9.17, 15) is 14.0 Å². The molecule has 9 nitrogen and oxygen atoms in total. The summed E-state index contributed by atoms with van der Waals surface area (Å²) in [5.74, 6) is 0.838. The van der Waals surface area contributed by atoms with Gasteiger partial charge >= 0.3 is 0 Å². The van der Waals surface area contributed by atoms with Crippen LogP contribution in [0.4, 0.5) is 4.39 Å². The van der Waals surface area contributed by atoms with Crippen molar-refractivity contribution in [1.82, 2.24) is 19.8 Å². The van der Waals surface area contributed by atoms with Gasteiger partial charge in [-0.15, -0.1) is 0 Å². The normalized spacial score (nSPS) is 14.6. The van der Waals surface area contributed by atoms with Crippen LogP contribution >= 0.6 is 0 Å². The molecule has 1 aromatic carbocycles. The Morgan fingerprint density at radius 1 is 1.29 bits per heavy atom. The highest BCUT2D eigenvalue weighted by molar-refractivity contribution is 6.07. The molecule has 4 aromatic rings. The summed E-state index contributed by atoms with van der Waals surface area (Å²) in [6.45, 7) is 2.97. The summed E-state index contributed by atoms with van der Waals surface area (Å²) in [5.41, 5.74) is 0.553. The predicted octanol–water partition coefficient (Wildman–Crippen LogP) is 3.54. The van der Waals surface area contributed by atoms with Gasteiger partial charge in [-0.25, -0.2) is 8.91 Å². The molecule has 1 aliphatic rings. The Balaban J connectivity index is 1.48. The minimum absolute atomic E-state index is 0.233. The Hall–Kier alpha value is -4.39. The molecule has 0 spiro atoms. The molecule has 0 radical (unpaired) electrons. The monoisotopic (exact) mass is 461 g/mol. The van der Waals surface area contributed by atoms with Crippen LogP contribution in [-0.2, 0) is 0 Å². The number of alkyl halides is 1. The quantitative estimate of drug-likeness (QED) is 0.497. The molecule has 5 rings (SSSR count). The van der Waals surface area contributed by atoms with Crippen molar-refractivity contribution in [2.75, 3.05) is 20.1 Å². The third kappa shape index (κ3) is 3.25. The Labute approximate surface area is 193 Å². The Morgan fingerprint density at radius 2 is 2.06 bits per heavy atom. The van der Waals surface area contributed by atoms with Crippen LogP contribution in [0.1, 0.15) is 32.0 Å². The van der Waals surface area contributed by atoms with Crippen molar-refractivity contribution in [2.24, 2.45) is 0 Å². The average Bonchev–Trinajstić information content (AvgIpc) is 3.32. The molecular weight excluding hydrogens is 441 g/mol. The standard InChI is InChI=1S/C24H20FN5O4/c1-13-17(23(32)29-11-24(25,10-26)12-29)9-30-21(13)18(6-7-28-30)34-15-4-5-16-19(8-15)33-14(2)20(16)22(31)27-3/h4-9H,11-12H2,1-3H3,(H,27,31). The topological polar surface area (TPSA) is 113 Å². The minimum Gasteiger partial charge on any atom is -0.460 e. The highest BCUT2D eigenvalue weighted by atomic mass is 19.1. The molecule has 1 saturated heterocycles. The summed E-state index contributed by atoms with van der Waals surface area (Å²) >= 11 is 0. The molecule has 4 heterocycles. The zero-order valence-corrected chi connectivity index (χ0v) is 18.7. The van der Waals surface area contributed by atoms with E-state index in [1.165, 1.54) is 9.42 Å². The SMILES string of the molecule is CNC(=O)c1c(C)oc2cc(Oc3ccnn4cc(C(=O)N5CC(F)(C#N)C5)c(C)c34)ccc12. The highest BCUT2D eigenvalue weighted by Crippen LogP contribution is 2.35. The number of likely N-dealkylation sites (tertiary alicyclic amines) is 1. The fraction of sp³-hybridized carbons (Fsp3) is 0.250. The molecule has 172 valence electrons. The van der Waals surface area contributed by atoms with Gasteiger partial charge < -0.3 is 19.4 Å². The zero-order chi connectivity index (χ0) is 24.2. The van der Waals surface area contributed by atoms with E-state index in [2.05, 4.69) is 10.4 Å². The predicted molar refractivity (Wildman–Crippen MR) is 120 cm³/mol. The van der Waals surface area contributed by atoms with Crippen molar-refractivity contribution >= 4 is 28.3 Å². The van der Waals surface area contributed by atoms with Gasteiger partial charge in [-0.1, -0.05) is 0 Å². The van der Waals surface area contributed by atoms with Crippen molar-refractivity contribution in [1.29, 1.82) is 5.26 Å². The number of nitriles is 1. The molecule has 0 aliphatic carbocycles. The largest absolute Gasteiger partial charge is 0.460 e. The maximum atomic E-state index is 14.0. The number of carbonyl (C=O) groups excluding carboxylic acids is 2. The molecule has 1 aliphatic heterocycles. The number of hydrogen-bond donors (Lipinski definition) is 1. The van der Waals surface area contributed by atoms with E-state index in [0.717, 1.165) is 0 Å². The van der Waals surface area contributed by atoms with Gasteiger partial charge in [0.25, 0.3) is 11.8 Å². The second kappa shape index (κ2) is 7.59. The number of nitrogens with one attached hydrogen (secondary N) is 1. The van der Waals surface area contributed by atoms with Crippen molar-refractivity contribution in [3.8, 4) is 17.6 Å². The number of rotatable bonds is 4. The minimum atomic E-state index is -1.99. The second-order valence-electron chi connectivity index (χ2n) is 8.27. The van der Waals surface area contributed by atoms with E-state index in [1.54, 1.807) is 63.6 Å². The number of nitrogens with zero attached hydrogens (tertiary/aromatic N) is 4. The van der Waals surface area contributed by atoms with Crippen LogP contribution in [0.3, 0.4) is 0 Å². The molecule has 3 aromatic heterocycles. The molecule has 0 unspecified atom stereocenters. The van der Waals surface area contributed by atoms with Gasteiger partial charge in [0, 0.05) is 30.8 Å². The molecule has 2 amide bonds. The Bertz CT molecular complexity index is 1520. The Morgan fingerprint density at radius 3 is 2.76 bits per heavy atom. The van der Waals surface area contributed by atoms with E-state index in [1.807, 2.05) is 0 Å². The smallest absolute Gasteiger partial charge is 0.256 e. The van der Waals surface area contributed by atoms with Gasteiger partial charge in [0.1, 0.15) is 28.7 Å². The maximum absolute atomic E-state index is 14.0. The van der Waals surface area contributed by atoms with Gasteiger partial charge in [0.05, 0.1) is 30.4 Å². The fourth-order valence-electron chi connectivity index (χ4n) is 4.26. The number of carbonyl (C=O) groups is 2. The lowest BCUT2D eigenvalue weighted by atomic mass is 9.97. The van der Waals surface area contributed by atoms with Crippen LogP contribution in [0.2, 0.25) is 0 Å². The van der Waals surface area contributed by atoms with Crippen LogP contribution in [0.25, 0.3) is 16.5 Å². The molecule has 0 bridgehead atoms. The summed E-state index contributed by atoms with van der Waals surface area (Å²) in [7, 11) is 1.56. The number of fused-ring (bicyclic) bond motifs is 2. The first-order valence-corrected chi connectivity index (χ1v) is 10.5. The van der Waals surface area contributed by atoms with Crippen LogP contribution in [0.5, 0.6) is 11.5 Å². The van der Waals surface area contributed by atoms with Gasteiger partial charge in [-0.3, -0.25) is 9.59 Å². The summed E-state index contributed by atoms with van der Waals surface area (Å²) < 4.78 is 27.4.